The maximum absolute atomic E-state index is 2.66. The van der Waals surface area contributed by atoms with Gasteiger partial charge in [0, 0.05) is 0 Å². The van der Waals surface area contributed by atoms with E-state index in [-0.39, 0.29) is 0 Å². The molecule has 0 bridgehead atoms. The summed E-state index contributed by atoms with van der Waals surface area (Å²) >= 11 is 0. The first kappa shape index (κ1) is 20.0. The van der Waals surface area contributed by atoms with E-state index in [1.165, 1.54) is 12.8 Å². The minimum absolute atomic E-state index is 0.476. The summed E-state index contributed by atoms with van der Waals surface area (Å²) in [5, 5.41) is 0. The van der Waals surface area contributed by atoms with Gasteiger partial charge in [0.2, 0.25) is 0 Å². The van der Waals surface area contributed by atoms with Crippen molar-refractivity contribution in [2.45, 2.75) is 79.8 Å². The van der Waals surface area contributed by atoms with Crippen LogP contribution in [0.4, 0.5) is 0 Å². The van der Waals surface area contributed by atoms with Crippen molar-refractivity contribution in [1.29, 1.82) is 0 Å². The fourth-order valence-corrected chi connectivity index (χ4v) is 5.50. The van der Waals surface area contributed by atoms with Gasteiger partial charge in [-0.2, -0.15) is 0 Å². The van der Waals surface area contributed by atoms with E-state index in [4.69, 9.17) is 0 Å². The molecule has 0 radical (unpaired) electrons. The summed E-state index contributed by atoms with van der Waals surface area (Å²) in [6.45, 7) is 19.0. The Bertz CT molecular complexity index is 542. The van der Waals surface area contributed by atoms with Crippen molar-refractivity contribution in [1.82, 2.24) is 0 Å². The number of rotatable bonds is 3. The maximum atomic E-state index is 2.66. The molecule has 0 nitrogen and oxygen atoms in total. The third kappa shape index (κ3) is 3.33. The lowest BCUT2D eigenvalue weighted by atomic mass is 9.58. The highest BCUT2D eigenvalue weighted by Gasteiger charge is 2.56. The van der Waals surface area contributed by atoms with Crippen LogP contribution in [0.25, 0.3) is 0 Å². The first-order chi connectivity index (χ1) is 11.1. The zero-order chi connectivity index (χ0) is 18.2. The van der Waals surface area contributed by atoms with E-state index in [2.05, 4.69) is 82.8 Å². The van der Waals surface area contributed by atoms with E-state index in [0.29, 0.717) is 5.41 Å². The van der Waals surface area contributed by atoms with E-state index >= 15 is 0 Å². The van der Waals surface area contributed by atoms with Gasteiger partial charge >= 0.3 is 0 Å². The van der Waals surface area contributed by atoms with Gasteiger partial charge in [-0.25, -0.2) is 0 Å². The van der Waals surface area contributed by atoms with Crippen molar-refractivity contribution >= 4 is 9.24 Å². The smallest absolute Gasteiger partial charge is 0.00579 e. The average molecular weight is 347 g/mol. The molecule has 0 aliphatic heterocycles. The summed E-state index contributed by atoms with van der Waals surface area (Å²) in [5.74, 6) is 3.95. The summed E-state index contributed by atoms with van der Waals surface area (Å²) in [5.41, 5.74) is 6.31. The van der Waals surface area contributed by atoms with Gasteiger partial charge in [-0.15, -0.1) is 9.24 Å². The normalized spacial score (nSPS) is 23.9. The molecule has 0 spiro atoms. The summed E-state index contributed by atoms with van der Waals surface area (Å²) in [6, 6.07) is 7.09. The van der Waals surface area contributed by atoms with Crippen LogP contribution < -0.4 is 0 Å². The molecule has 0 saturated carbocycles. The second-order valence-corrected chi connectivity index (χ2v) is 10.8. The van der Waals surface area contributed by atoms with Crippen molar-refractivity contribution in [3.05, 3.63) is 34.9 Å². The SMILES string of the molecule is CC(C)C1Cc2cccc3c2C1C(C(C)C)(C(C)C)C3.CC(C)P. The van der Waals surface area contributed by atoms with Crippen LogP contribution in [0, 0.1) is 29.1 Å². The first-order valence-corrected chi connectivity index (χ1v) is 10.7. The fraction of sp³-hybridized carbons (Fsp3) is 0.739. The Morgan fingerprint density at radius 1 is 0.917 bits per heavy atom. The van der Waals surface area contributed by atoms with Gasteiger partial charge in [0.15, 0.2) is 0 Å². The molecule has 0 heterocycles. The summed E-state index contributed by atoms with van der Waals surface area (Å²) in [7, 11) is 2.66. The van der Waals surface area contributed by atoms with Gasteiger partial charge in [-0.1, -0.05) is 73.6 Å². The number of hydrogen-bond acceptors (Lipinski definition) is 0. The van der Waals surface area contributed by atoms with Crippen LogP contribution in [-0.2, 0) is 12.8 Å². The predicted molar refractivity (Wildman–Crippen MR) is 112 cm³/mol. The van der Waals surface area contributed by atoms with Crippen molar-refractivity contribution in [3.8, 4) is 0 Å². The average Bonchev–Trinajstić information content (AvgIpc) is 3.00. The second-order valence-electron chi connectivity index (χ2n) is 9.42. The lowest BCUT2D eigenvalue weighted by molar-refractivity contribution is 0.0519. The molecule has 2 aliphatic carbocycles. The molecule has 0 amide bonds. The van der Waals surface area contributed by atoms with Gasteiger partial charge < -0.3 is 0 Å². The predicted octanol–water partition coefficient (Wildman–Crippen LogP) is 6.72. The largest absolute Gasteiger partial charge is 0.135 e. The molecule has 3 rings (SSSR count). The Morgan fingerprint density at radius 2 is 1.42 bits per heavy atom. The molecule has 3 unspecified atom stereocenters. The lowest BCUT2D eigenvalue weighted by Crippen LogP contribution is -2.40. The number of benzene rings is 1. The minimum Gasteiger partial charge on any atom is -0.135 e. The Kier molecular flexibility index (Phi) is 6.23. The lowest BCUT2D eigenvalue weighted by Gasteiger charge is -2.46. The van der Waals surface area contributed by atoms with Crippen molar-refractivity contribution in [2.75, 3.05) is 0 Å². The Hall–Kier alpha value is -0.350. The molecule has 0 N–H and O–H groups in total. The summed E-state index contributed by atoms with van der Waals surface area (Å²) < 4.78 is 0. The van der Waals surface area contributed by atoms with Gasteiger partial charge in [0.05, 0.1) is 0 Å². The van der Waals surface area contributed by atoms with Gasteiger partial charge in [-0.3, -0.25) is 0 Å². The highest BCUT2D eigenvalue weighted by molar-refractivity contribution is 7.17. The van der Waals surface area contributed by atoms with E-state index in [1.807, 2.05) is 0 Å². The molecule has 1 heteroatoms. The Morgan fingerprint density at radius 3 is 1.88 bits per heavy atom. The molecule has 3 atom stereocenters. The second kappa shape index (κ2) is 7.49. The Labute approximate surface area is 153 Å². The van der Waals surface area contributed by atoms with Crippen LogP contribution in [0.15, 0.2) is 18.2 Å². The van der Waals surface area contributed by atoms with E-state index in [9.17, 15) is 0 Å². The molecular weight excluding hydrogens is 307 g/mol. The van der Waals surface area contributed by atoms with Crippen molar-refractivity contribution < 1.29 is 0 Å². The molecular formula is C23H39P. The molecule has 136 valence electrons. The highest BCUT2D eigenvalue weighted by Crippen LogP contribution is 2.63. The molecule has 0 saturated heterocycles. The monoisotopic (exact) mass is 346 g/mol. The first-order valence-electron chi connectivity index (χ1n) is 9.99. The molecule has 2 aliphatic rings. The van der Waals surface area contributed by atoms with E-state index in [1.54, 1.807) is 16.7 Å². The van der Waals surface area contributed by atoms with Crippen LogP contribution in [-0.4, -0.2) is 5.66 Å². The summed E-state index contributed by atoms with van der Waals surface area (Å²) in [4.78, 5) is 0. The molecule has 0 aromatic heterocycles. The van der Waals surface area contributed by atoms with Crippen molar-refractivity contribution in [2.24, 2.45) is 29.1 Å². The Balaban J connectivity index is 0.000000471. The third-order valence-electron chi connectivity index (χ3n) is 6.56. The van der Waals surface area contributed by atoms with Crippen LogP contribution in [0.1, 0.15) is 78.0 Å². The zero-order valence-electron chi connectivity index (χ0n) is 17.2. The minimum atomic E-state index is 0.476. The van der Waals surface area contributed by atoms with E-state index in [0.717, 1.165) is 35.2 Å². The maximum Gasteiger partial charge on any atom is -0.00579 e. The topological polar surface area (TPSA) is 0 Å². The standard InChI is InChI=1S/C20H30.C3H9P/c1-12(2)17-10-15-8-7-9-16-11-20(13(3)4,14(5)6)19(17)18(15)16;1-3(2)4/h7-9,12-14,17,19H,10-11H2,1-6H3;3H,4H2,1-2H3. The zero-order valence-corrected chi connectivity index (χ0v) is 18.3. The van der Waals surface area contributed by atoms with Crippen LogP contribution in [0.2, 0.25) is 0 Å². The van der Waals surface area contributed by atoms with Crippen LogP contribution in [0.5, 0.6) is 0 Å². The van der Waals surface area contributed by atoms with E-state index < -0.39 is 0 Å². The third-order valence-corrected chi connectivity index (χ3v) is 6.56. The molecule has 1 aromatic carbocycles. The van der Waals surface area contributed by atoms with Crippen molar-refractivity contribution in [3.63, 3.8) is 0 Å². The van der Waals surface area contributed by atoms with Gasteiger partial charge in [-0.05, 0) is 70.2 Å². The van der Waals surface area contributed by atoms with Gasteiger partial charge in [0.1, 0.15) is 0 Å². The molecule has 24 heavy (non-hydrogen) atoms. The molecule has 1 aromatic rings. The molecule has 0 fully saturated rings. The quantitative estimate of drug-likeness (QED) is 0.533. The highest BCUT2D eigenvalue weighted by atomic mass is 31.0. The summed E-state index contributed by atoms with van der Waals surface area (Å²) in [6.07, 6.45) is 2.62. The van der Waals surface area contributed by atoms with Gasteiger partial charge in [0.25, 0.3) is 0 Å². The fourth-order valence-electron chi connectivity index (χ4n) is 5.50. The number of hydrogen-bond donors (Lipinski definition) is 0. The van der Waals surface area contributed by atoms with Crippen LogP contribution >= 0.6 is 9.24 Å². The van der Waals surface area contributed by atoms with Crippen LogP contribution in [0.3, 0.4) is 0 Å².